The molecule has 0 unspecified atom stereocenters. The number of aryl methyl sites for hydroxylation is 1. The third-order valence-electron chi connectivity index (χ3n) is 4.93. The number of rotatable bonds is 9. The van der Waals surface area contributed by atoms with Crippen molar-refractivity contribution in [3.63, 3.8) is 0 Å². The lowest BCUT2D eigenvalue weighted by Gasteiger charge is -2.22. The summed E-state index contributed by atoms with van der Waals surface area (Å²) in [5, 5.41) is 2.68. The number of nitrogens with zero attached hydrogens (tertiary/aromatic N) is 1. The van der Waals surface area contributed by atoms with Crippen molar-refractivity contribution in [2.75, 3.05) is 26.1 Å². The van der Waals surface area contributed by atoms with Crippen molar-refractivity contribution < 1.29 is 27.1 Å². The fourth-order valence-electron chi connectivity index (χ4n) is 3.14. The van der Waals surface area contributed by atoms with Crippen LogP contribution in [0.3, 0.4) is 0 Å². The van der Waals surface area contributed by atoms with Gasteiger partial charge in [0.15, 0.2) is 0 Å². The molecular formula is C24H25FN2O5S. The van der Waals surface area contributed by atoms with Crippen molar-refractivity contribution in [2.45, 2.75) is 18.4 Å². The molecule has 0 aromatic heterocycles. The van der Waals surface area contributed by atoms with Crippen molar-refractivity contribution in [3.05, 3.63) is 83.7 Å². The molecule has 0 aliphatic carbocycles. The van der Waals surface area contributed by atoms with Crippen LogP contribution in [-0.2, 0) is 21.4 Å². The Morgan fingerprint density at radius 3 is 2.24 bits per heavy atom. The van der Waals surface area contributed by atoms with E-state index in [4.69, 9.17) is 9.47 Å². The maximum Gasteiger partial charge on any atom is 0.243 e. The number of hydrogen-bond acceptors (Lipinski definition) is 5. The molecule has 0 saturated carbocycles. The highest BCUT2D eigenvalue weighted by molar-refractivity contribution is 7.89. The summed E-state index contributed by atoms with van der Waals surface area (Å²) in [6.45, 7) is 1.27. The van der Waals surface area contributed by atoms with Crippen LogP contribution in [0.1, 0.15) is 11.1 Å². The third kappa shape index (κ3) is 6.09. The highest BCUT2D eigenvalue weighted by atomic mass is 32.2. The zero-order chi connectivity index (χ0) is 24.0. The number of benzene rings is 3. The number of halogens is 1. The molecule has 0 saturated heterocycles. The van der Waals surface area contributed by atoms with Crippen LogP contribution in [0, 0.1) is 12.7 Å². The monoisotopic (exact) mass is 472 g/mol. The van der Waals surface area contributed by atoms with E-state index < -0.39 is 28.3 Å². The summed E-state index contributed by atoms with van der Waals surface area (Å²) in [6, 6.07) is 16.7. The van der Waals surface area contributed by atoms with Crippen molar-refractivity contribution in [1.82, 2.24) is 4.31 Å². The molecule has 174 valence electrons. The molecular weight excluding hydrogens is 447 g/mol. The van der Waals surface area contributed by atoms with Crippen molar-refractivity contribution >= 4 is 21.6 Å². The summed E-state index contributed by atoms with van der Waals surface area (Å²) in [4.78, 5) is 13.0. The number of anilines is 1. The van der Waals surface area contributed by atoms with Crippen LogP contribution in [0.4, 0.5) is 10.1 Å². The van der Waals surface area contributed by atoms with E-state index in [0.29, 0.717) is 22.7 Å². The van der Waals surface area contributed by atoms with E-state index >= 15 is 0 Å². The quantitative estimate of drug-likeness (QED) is 0.509. The van der Waals surface area contributed by atoms with Gasteiger partial charge in [0.25, 0.3) is 0 Å². The van der Waals surface area contributed by atoms with Gasteiger partial charge in [-0.2, -0.15) is 4.31 Å². The van der Waals surface area contributed by atoms with Gasteiger partial charge in [0.1, 0.15) is 17.3 Å². The predicted octanol–water partition coefficient (Wildman–Crippen LogP) is 3.98. The number of methoxy groups -OCH3 is 2. The summed E-state index contributed by atoms with van der Waals surface area (Å²) in [6.07, 6.45) is 0. The minimum Gasteiger partial charge on any atom is -0.497 e. The van der Waals surface area contributed by atoms with Crippen LogP contribution in [-0.4, -0.2) is 39.4 Å². The van der Waals surface area contributed by atoms with Gasteiger partial charge in [-0.05, 0) is 48.9 Å². The van der Waals surface area contributed by atoms with E-state index in [9.17, 15) is 17.6 Å². The molecule has 1 amide bonds. The maximum absolute atomic E-state index is 13.4. The summed E-state index contributed by atoms with van der Waals surface area (Å²) in [7, 11) is -1.07. The van der Waals surface area contributed by atoms with Crippen molar-refractivity contribution in [1.29, 1.82) is 0 Å². The largest absolute Gasteiger partial charge is 0.497 e. The summed E-state index contributed by atoms with van der Waals surface area (Å²) >= 11 is 0. The molecule has 0 aliphatic heterocycles. The molecule has 3 aromatic carbocycles. The number of sulfonamides is 1. The normalized spacial score (nSPS) is 11.3. The lowest BCUT2D eigenvalue weighted by molar-refractivity contribution is -0.116. The lowest BCUT2D eigenvalue weighted by Crippen LogP contribution is -2.37. The first-order chi connectivity index (χ1) is 15.7. The molecule has 33 heavy (non-hydrogen) atoms. The molecule has 0 heterocycles. The maximum atomic E-state index is 13.4. The van der Waals surface area contributed by atoms with Gasteiger partial charge >= 0.3 is 0 Å². The molecule has 0 spiro atoms. The first-order valence-electron chi connectivity index (χ1n) is 10.1. The van der Waals surface area contributed by atoms with Gasteiger partial charge in [0.05, 0.1) is 31.3 Å². The highest BCUT2D eigenvalue weighted by Crippen LogP contribution is 2.29. The molecule has 0 radical (unpaired) electrons. The predicted molar refractivity (Wildman–Crippen MR) is 123 cm³/mol. The second kappa shape index (κ2) is 10.5. The lowest BCUT2D eigenvalue weighted by atomic mass is 10.2. The van der Waals surface area contributed by atoms with Crippen LogP contribution < -0.4 is 14.8 Å². The average Bonchev–Trinajstić information content (AvgIpc) is 2.80. The number of nitrogens with one attached hydrogen (secondary N) is 1. The Labute approximate surface area is 192 Å². The number of amides is 1. The Hall–Kier alpha value is -3.43. The topological polar surface area (TPSA) is 84.9 Å². The van der Waals surface area contributed by atoms with Crippen LogP contribution in [0.5, 0.6) is 11.5 Å². The summed E-state index contributed by atoms with van der Waals surface area (Å²) < 4.78 is 51.5. The summed E-state index contributed by atoms with van der Waals surface area (Å²) in [5.74, 6) is -0.105. The second-order valence-electron chi connectivity index (χ2n) is 7.33. The number of hydrogen-bond donors (Lipinski definition) is 1. The van der Waals surface area contributed by atoms with Crippen LogP contribution >= 0.6 is 0 Å². The molecule has 9 heteroatoms. The molecule has 1 N–H and O–H groups in total. The van der Waals surface area contributed by atoms with Crippen LogP contribution in [0.25, 0.3) is 0 Å². The second-order valence-corrected chi connectivity index (χ2v) is 9.26. The van der Waals surface area contributed by atoms with Gasteiger partial charge in [-0.1, -0.05) is 29.8 Å². The van der Waals surface area contributed by atoms with E-state index in [1.807, 2.05) is 6.92 Å². The zero-order valence-corrected chi connectivity index (χ0v) is 19.4. The van der Waals surface area contributed by atoms with Crippen LogP contribution in [0.2, 0.25) is 0 Å². The van der Waals surface area contributed by atoms with Gasteiger partial charge in [0, 0.05) is 12.6 Å². The molecule has 0 fully saturated rings. The van der Waals surface area contributed by atoms with Crippen LogP contribution in [0.15, 0.2) is 71.6 Å². The smallest absolute Gasteiger partial charge is 0.243 e. The molecule has 0 bridgehead atoms. The Morgan fingerprint density at radius 2 is 1.64 bits per heavy atom. The minimum atomic E-state index is -4.02. The summed E-state index contributed by atoms with van der Waals surface area (Å²) in [5.41, 5.74) is 1.79. The van der Waals surface area contributed by atoms with Gasteiger partial charge in [-0.15, -0.1) is 0 Å². The van der Waals surface area contributed by atoms with E-state index in [1.165, 1.54) is 50.6 Å². The first-order valence-corrected chi connectivity index (χ1v) is 11.5. The number of carbonyl (C=O) groups is 1. The van der Waals surface area contributed by atoms with Gasteiger partial charge in [-0.3, -0.25) is 4.79 Å². The molecule has 0 aliphatic rings. The van der Waals surface area contributed by atoms with Gasteiger partial charge in [-0.25, -0.2) is 12.8 Å². The third-order valence-corrected chi connectivity index (χ3v) is 6.74. The van der Waals surface area contributed by atoms with E-state index in [0.717, 1.165) is 9.87 Å². The fraction of sp³-hybridized carbons (Fsp3) is 0.208. The van der Waals surface area contributed by atoms with E-state index in [1.54, 1.807) is 30.3 Å². The van der Waals surface area contributed by atoms with Gasteiger partial charge < -0.3 is 14.8 Å². The molecule has 0 atom stereocenters. The van der Waals surface area contributed by atoms with E-state index in [-0.39, 0.29) is 11.4 Å². The molecule has 3 aromatic rings. The standard InChI is InChI=1S/C24H25FN2O5S/c1-17-4-11-21(12-5-17)33(29,30)27(15-18-6-8-19(25)9-7-18)16-24(28)26-22-14-20(31-2)10-13-23(22)32-3/h4-14H,15-16H2,1-3H3,(H,26,28). The Morgan fingerprint density at radius 1 is 0.970 bits per heavy atom. The van der Waals surface area contributed by atoms with Crippen molar-refractivity contribution in [3.8, 4) is 11.5 Å². The highest BCUT2D eigenvalue weighted by Gasteiger charge is 2.27. The van der Waals surface area contributed by atoms with Gasteiger partial charge in [0.2, 0.25) is 15.9 Å². The van der Waals surface area contributed by atoms with Crippen molar-refractivity contribution in [2.24, 2.45) is 0 Å². The molecule has 7 nitrogen and oxygen atoms in total. The Bertz CT molecular complexity index is 1210. The SMILES string of the molecule is COc1ccc(OC)c(NC(=O)CN(Cc2ccc(F)cc2)S(=O)(=O)c2ccc(C)cc2)c1. The van der Waals surface area contributed by atoms with E-state index in [2.05, 4.69) is 5.32 Å². The average molecular weight is 473 g/mol. The zero-order valence-electron chi connectivity index (χ0n) is 18.5. The fourth-order valence-corrected chi connectivity index (χ4v) is 4.52. The Kier molecular flexibility index (Phi) is 7.67. The molecule has 3 rings (SSSR count). The Balaban J connectivity index is 1.90. The number of carbonyl (C=O) groups excluding carboxylic acids is 1. The first kappa shape index (κ1) is 24.2. The minimum absolute atomic E-state index is 0.0574. The number of ether oxygens (including phenoxy) is 2.